The van der Waals surface area contributed by atoms with Crippen molar-refractivity contribution in [3.63, 3.8) is 0 Å². The summed E-state index contributed by atoms with van der Waals surface area (Å²) in [5.74, 6) is -1.20. The number of aliphatic carboxylic acids is 1. The van der Waals surface area contributed by atoms with E-state index in [1.807, 2.05) is 0 Å². The maximum atomic E-state index is 12.8. The summed E-state index contributed by atoms with van der Waals surface area (Å²) in [5, 5.41) is 12.1. The Morgan fingerprint density at radius 2 is 1.87 bits per heavy atom. The number of rotatable bonds is 6. The van der Waals surface area contributed by atoms with Gasteiger partial charge in [0.05, 0.1) is 11.5 Å². The van der Waals surface area contributed by atoms with E-state index in [0.29, 0.717) is 19.4 Å². The molecular formula is C16H20F3NO3. The van der Waals surface area contributed by atoms with Crippen LogP contribution in [0, 0.1) is 5.92 Å². The van der Waals surface area contributed by atoms with Crippen LogP contribution >= 0.6 is 0 Å². The van der Waals surface area contributed by atoms with Crippen molar-refractivity contribution in [1.29, 1.82) is 0 Å². The molecule has 1 aliphatic carbocycles. The third-order valence-electron chi connectivity index (χ3n) is 4.06. The van der Waals surface area contributed by atoms with Crippen molar-refractivity contribution < 1.29 is 27.8 Å². The zero-order valence-corrected chi connectivity index (χ0v) is 12.6. The molecule has 4 nitrogen and oxygen atoms in total. The van der Waals surface area contributed by atoms with Crippen LogP contribution < -0.4 is 10.1 Å². The van der Waals surface area contributed by atoms with E-state index in [9.17, 15) is 18.0 Å². The van der Waals surface area contributed by atoms with Gasteiger partial charge in [0, 0.05) is 12.6 Å². The fourth-order valence-corrected chi connectivity index (χ4v) is 2.80. The van der Waals surface area contributed by atoms with Gasteiger partial charge in [-0.25, -0.2) is 0 Å². The molecule has 128 valence electrons. The maximum absolute atomic E-state index is 12.8. The molecule has 1 aromatic carbocycles. The largest absolute Gasteiger partial charge is 0.492 e. The van der Waals surface area contributed by atoms with Crippen molar-refractivity contribution in [3.8, 4) is 5.75 Å². The summed E-state index contributed by atoms with van der Waals surface area (Å²) in [4.78, 5) is 10.9. The summed E-state index contributed by atoms with van der Waals surface area (Å²) in [6.45, 7) is 0.556. The number of hydrogen-bond donors (Lipinski definition) is 2. The smallest absolute Gasteiger partial charge is 0.419 e. The van der Waals surface area contributed by atoms with Crippen molar-refractivity contribution in [2.75, 3.05) is 13.2 Å². The Morgan fingerprint density at radius 3 is 2.48 bits per heavy atom. The Balaban J connectivity index is 1.74. The van der Waals surface area contributed by atoms with E-state index in [0.717, 1.165) is 18.9 Å². The molecular weight excluding hydrogens is 311 g/mol. The minimum Gasteiger partial charge on any atom is -0.492 e. The number of hydrogen-bond acceptors (Lipinski definition) is 3. The fraction of sp³-hybridized carbons (Fsp3) is 0.562. The molecule has 1 saturated carbocycles. The van der Waals surface area contributed by atoms with Crippen LogP contribution in [0.1, 0.15) is 31.2 Å². The Bertz CT molecular complexity index is 526. The van der Waals surface area contributed by atoms with Crippen LogP contribution in [0.2, 0.25) is 0 Å². The Morgan fingerprint density at radius 1 is 1.22 bits per heavy atom. The standard InChI is InChI=1S/C16H20F3NO3/c17-16(18,19)13-3-1-2-4-14(13)23-10-9-20-12-7-5-11(6-8-12)15(21)22/h1-4,11-12,20H,5-10H2,(H,21,22). The number of carboxylic acids is 1. The van der Waals surface area contributed by atoms with Gasteiger partial charge >= 0.3 is 12.1 Å². The second kappa shape index (κ2) is 7.68. The van der Waals surface area contributed by atoms with Crippen molar-refractivity contribution in [2.45, 2.75) is 37.9 Å². The second-order valence-electron chi connectivity index (χ2n) is 5.68. The molecule has 1 fully saturated rings. The van der Waals surface area contributed by atoms with E-state index < -0.39 is 17.7 Å². The quantitative estimate of drug-likeness (QED) is 0.785. The highest BCUT2D eigenvalue weighted by atomic mass is 19.4. The monoisotopic (exact) mass is 331 g/mol. The molecule has 2 N–H and O–H groups in total. The minimum atomic E-state index is -4.43. The first kappa shape index (κ1) is 17.6. The highest BCUT2D eigenvalue weighted by Crippen LogP contribution is 2.35. The highest BCUT2D eigenvalue weighted by molar-refractivity contribution is 5.70. The molecule has 1 aliphatic rings. The average molecular weight is 331 g/mol. The summed E-state index contributed by atoms with van der Waals surface area (Å²) in [7, 11) is 0. The molecule has 0 amide bonds. The topological polar surface area (TPSA) is 58.6 Å². The molecule has 0 aromatic heterocycles. The summed E-state index contributed by atoms with van der Waals surface area (Å²) >= 11 is 0. The zero-order valence-electron chi connectivity index (χ0n) is 12.6. The van der Waals surface area contributed by atoms with Crippen LogP contribution in [0.5, 0.6) is 5.75 Å². The van der Waals surface area contributed by atoms with Crippen LogP contribution in [0.15, 0.2) is 24.3 Å². The van der Waals surface area contributed by atoms with E-state index in [1.54, 1.807) is 0 Å². The molecule has 0 spiro atoms. The summed E-state index contributed by atoms with van der Waals surface area (Å²) in [6.07, 6.45) is -1.65. The predicted octanol–water partition coefficient (Wildman–Crippen LogP) is 3.32. The first-order chi connectivity index (χ1) is 10.9. The lowest BCUT2D eigenvalue weighted by atomic mass is 9.86. The molecule has 0 unspecified atom stereocenters. The summed E-state index contributed by atoms with van der Waals surface area (Å²) in [5.41, 5.74) is -0.776. The Kier molecular flexibility index (Phi) is 5.87. The number of para-hydroxylation sites is 1. The van der Waals surface area contributed by atoms with Gasteiger partial charge in [0.2, 0.25) is 0 Å². The summed E-state index contributed by atoms with van der Waals surface area (Å²) in [6, 6.07) is 5.34. The van der Waals surface area contributed by atoms with Gasteiger partial charge in [-0.1, -0.05) is 12.1 Å². The molecule has 0 bridgehead atoms. The Hall–Kier alpha value is -1.76. The predicted molar refractivity (Wildman–Crippen MR) is 78.3 cm³/mol. The lowest BCUT2D eigenvalue weighted by Gasteiger charge is -2.27. The van der Waals surface area contributed by atoms with Gasteiger partial charge in [0.1, 0.15) is 12.4 Å². The number of ether oxygens (including phenoxy) is 1. The number of halogens is 3. The minimum absolute atomic E-state index is 0.131. The van der Waals surface area contributed by atoms with Gasteiger partial charge in [-0.2, -0.15) is 13.2 Å². The van der Waals surface area contributed by atoms with Crippen LogP contribution in [0.3, 0.4) is 0 Å². The first-order valence-corrected chi connectivity index (χ1v) is 7.63. The van der Waals surface area contributed by atoms with Crippen LogP contribution in [0.25, 0.3) is 0 Å². The molecule has 0 radical (unpaired) electrons. The maximum Gasteiger partial charge on any atom is 0.419 e. The van der Waals surface area contributed by atoms with Crippen molar-refractivity contribution in [1.82, 2.24) is 5.32 Å². The zero-order chi connectivity index (χ0) is 16.9. The molecule has 1 aromatic rings. The number of benzene rings is 1. The second-order valence-corrected chi connectivity index (χ2v) is 5.68. The normalized spacial score (nSPS) is 21.9. The van der Waals surface area contributed by atoms with Crippen molar-refractivity contribution >= 4 is 5.97 Å². The number of carbonyl (C=O) groups is 1. The molecule has 7 heteroatoms. The van der Waals surface area contributed by atoms with Gasteiger partial charge in [-0.05, 0) is 37.8 Å². The van der Waals surface area contributed by atoms with Crippen LogP contribution in [0.4, 0.5) is 13.2 Å². The fourth-order valence-electron chi connectivity index (χ4n) is 2.80. The van der Waals surface area contributed by atoms with Gasteiger partial charge < -0.3 is 15.2 Å². The van der Waals surface area contributed by atoms with Crippen molar-refractivity contribution in [3.05, 3.63) is 29.8 Å². The van der Waals surface area contributed by atoms with E-state index in [-0.39, 0.29) is 24.3 Å². The van der Waals surface area contributed by atoms with Gasteiger partial charge in [-0.3, -0.25) is 4.79 Å². The molecule has 0 saturated heterocycles. The molecule has 0 atom stereocenters. The van der Waals surface area contributed by atoms with Gasteiger partial charge in [-0.15, -0.1) is 0 Å². The highest BCUT2D eigenvalue weighted by Gasteiger charge is 2.34. The first-order valence-electron chi connectivity index (χ1n) is 7.63. The lowest BCUT2D eigenvalue weighted by Crippen LogP contribution is -2.37. The van der Waals surface area contributed by atoms with Gasteiger partial charge in [0.25, 0.3) is 0 Å². The lowest BCUT2D eigenvalue weighted by molar-refractivity contribution is -0.143. The number of nitrogens with one attached hydrogen (secondary N) is 1. The third-order valence-corrected chi connectivity index (χ3v) is 4.06. The number of carboxylic acid groups (broad SMARTS) is 1. The molecule has 2 rings (SSSR count). The average Bonchev–Trinajstić information content (AvgIpc) is 2.51. The van der Waals surface area contributed by atoms with E-state index in [2.05, 4.69) is 5.32 Å². The Labute approximate surface area is 132 Å². The van der Waals surface area contributed by atoms with E-state index >= 15 is 0 Å². The summed E-state index contributed by atoms with van der Waals surface area (Å²) < 4.78 is 43.7. The van der Waals surface area contributed by atoms with E-state index in [4.69, 9.17) is 9.84 Å². The van der Waals surface area contributed by atoms with Gasteiger partial charge in [0.15, 0.2) is 0 Å². The molecule has 0 aliphatic heterocycles. The van der Waals surface area contributed by atoms with Crippen LogP contribution in [-0.2, 0) is 11.0 Å². The van der Waals surface area contributed by atoms with Crippen molar-refractivity contribution in [2.24, 2.45) is 5.92 Å². The molecule has 0 heterocycles. The number of alkyl halides is 3. The third kappa shape index (κ3) is 5.13. The van der Waals surface area contributed by atoms with Crippen LogP contribution in [-0.4, -0.2) is 30.3 Å². The molecule has 23 heavy (non-hydrogen) atoms. The van der Waals surface area contributed by atoms with E-state index in [1.165, 1.54) is 18.2 Å². The SMILES string of the molecule is O=C(O)C1CCC(NCCOc2ccccc2C(F)(F)F)CC1.